The standard InChI is InChI=1S/C20H20ClN3O6/c1-2-3-10-22-18(25)12-30-20(27)15-6-4-5-7-17(15)23-19(26)14-9-8-13(24(28)29)11-16(14)21/h4-9,11H,2-3,10,12H2,1H3,(H,22,25)(H,23,26). The van der Waals surface area contributed by atoms with Gasteiger partial charge >= 0.3 is 5.97 Å². The van der Waals surface area contributed by atoms with Crippen molar-refractivity contribution >= 4 is 40.8 Å². The van der Waals surface area contributed by atoms with Gasteiger partial charge in [0.25, 0.3) is 17.5 Å². The molecule has 158 valence electrons. The molecule has 0 radical (unpaired) electrons. The number of amides is 2. The largest absolute Gasteiger partial charge is 0.452 e. The molecule has 0 aliphatic carbocycles. The van der Waals surface area contributed by atoms with E-state index in [2.05, 4.69) is 10.6 Å². The molecule has 10 heteroatoms. The van der Waals surface area contributed by atoms with E-state index in [4.69, 9.17) is 16.3 Å². The number of carbonyl (C=O) groups excluding carboxylic acids is 3. The summed E-state index contributed by atoms with van der Waals surface area (Å²) in [6.07, 6.45) is 1.74. The first-order chi connectivity index (χ1) is 14.3. The minimum Gasteiger partial charge on any atom is -0.452 e. The minimum absolute atomic E-state index is 0.000684. The highest BCUT2D eigenvalue weighted by Gasteiger charge is 2.19. The number of esters is 1. The summed E-state index contributed by atoms with van der Waals surface area (Å²) in [5.41, 5.74) is -0.0583. The summed E-state index contributed by atoms with van der Waals surface area (Å²) in [5.74, 6) is -1.87. The third-order valence-corrected chi connectivity index (χ3v) is 4.30. The number of nitro groups is 1. The predicted molar refractivity (Wildman–Crippen MR) is 111 cm³/mol. The van der Waals surface area contributed by atoms with E-state index in [-0.39, 0.29) is 27.5 Å². The first kappa shape index (κ1) is 22.8. The van der Waals surface area contributed by atoms with Crippen LogP contribution in [0.1, 0.15) is 40.5 Å². The van der Waals surface area contributed by atoms with Crippen molar-refractivity contribution in [3.63, 3.8) is 0 Å². The van der Waals surface area contributed by atoms with Crippen molar-refractivity contribution in [2.45, 2.75) is 19.8 Å². The van der Waals surface area contributed by atoms with Crippen LogP contribution < -0.4 is 10.6 Å². The van der Waals surface area contributed by atoms with E-state index in [0.29, 0.717) is 6.54 Å². The van der Waals surface area contributed by atoms with Crippen LogP contribution >= 0.6 is 11.6 Å². The van der Waals surface area contributed by atoms with Crippen LogP contribution in [0, 0.1) is 10.1 Å². The quantitative estimate of drug-likeness (QED) is 0.269. The van der Waals surface area contributed by atoms with Gasteiger partial charge in [0.05, 0.1) is 26.8 Å². The van der Waals surface area contributed by atoms with Crippen LogP contribution in [0.4, 0.5) is 11.4 Å². The molecule has 30 heavy (non-hydrogen) atoms. The summed E-state index contributed by atoms with van der Waals surface area (Å²) in [7, 11) is 0. The Morgan fingerprint density at radius 3 is 2.53 bits per heavy atom. The van der Waals surface area contributed by atoms with Crippen molar-refractivity contribution in [1.82, 2.24) is 5.32 Å². The van der Waals surface area contributed by atoms with Gasteiger partial charge in [0.1, 0.15) is 0 Å². The smallest absolute Gasteiger partial charge is 0.340 e. The molecule has 0 aliphatic rings. The zero-order valence-electron chi connectivity index (χ0n) is 16.1. The van der Waals surface area contributed by atoms with E-state index in [1.165, 1.54) is 18.2 Å². The lowest BCUT2D eigenvalue weighted by molar-refractivity contribution is -0.384. The fraction of sp³-hybridized carbons (Fsp3) is 0.250. The molecule has 0 saturated carbocycles. The van der Waals surface area contributed by atoms with Gasteiger partial charge in [-0.2, -0.15) is 0 Å². The molecule has 9 nitrogen and oxygen atoms in total. The van der Waals surface area contributed by atoms with Gasteiger partial charge in [0.2, 0.25) is 0 Å². The van der Waals surface area contributed by atoms with E-state index in [1.807, 2.05) is 6.92 Å². The van der Waals surface area contributed by atoms with Crippen molar-refractivity contribution in [3.8, 4) is 0 Å². The zero-order valence-corrected chi connectivity index (χ0v) is 16.9. The van der Waals surface area contributed by atoms with Gasteiger partial charge in [0, 0.05) is 18.7 Å². The highest BCUT2D eigenvalue weighted by atomic mass is 35.5. The first-order valence-electron chi connectivity index (χ1n) is 9.11. The van der Waals surface area contributed by atoms with Gasteiger partial charge in [-0.15, -0.1) is 0 Å². The Hall–Kier alpha value is -3.46. The lowest BCUT2D eigenvalue weighted by Crippen LogP contribution is -2.29. The normalized spacial score (nSPS) is 10.2. The lowest BCUT2D eigenvalue weighted by Gasteiger charge is -2.11. The molecule has 2 aromatic carbocycles. The maximum absolute atomic E-state index is 12.5. The third kappa shape index (κ3) is 6.28. The van der Waals surface area contributed by atoms with Crippen molar-refractivity contribution in [3.05, 3.63) is 68.7 Å². The Labute approximate surface area is 177 Å². The van der Waals surface area contributed by atoms with Crippen molar-refractivity contribution in [1.29, 1.82) is 0 Å². The van der Waals surface area contributed by atoms with E-state index < -0.39 is 29.3 Å². The van der Waals surface area contributed by atoms with E-state index in [0.717, 1.165) is 25.0 Å². The minimum atomic E-state index is -0.786. The molecule has 0 bridgehead atoms. The van der Waals surface area contributed by atoms with E-state index in [1.54, 1.807) is 12.1 Å². The highest BCUT2D eigenvalue weighted by molar-refractivity contribution is 6.34. The monoisotopic (exact) mass is 433 g/mol. The molecule has 0 fully saturated rings. The number of benzene rings is 2. The molecule has 0 atom stereocenters. The van der Waals surface area contributed by atoms with Crippen LogP contribution in [-0.2, 0) is 9.53 Å². The SMILES string of the molecule is CCCCNC(=O)COC(=O)c1ccccc1NC(=O)c1ccc([N+](=O)[O-])cc1Cl. The van der Waals surface area contributed by atoms with Crippen molar-refractivity contribution in [2.75, 3.05) is 18.5 Å². The Bertz CT molecular complexity index is 963. The van der Waals surface area contributed by atoms with Crippen molar-refractivity contribution < 1.29 is 24.0 Å². The van der Waals surface area contributed by atoms with Gasteiger partial charge in [-0.05, 0) is 24.6 Å². The molecule has 0 aromatic heterocycles. The summed E-state index contributed by atoms with van der Waals surface area (Å²) in [6, 6.07) is 9.52. The number of carbonyl (C=O) groups is 3. The number of nitro benzene ring substituents is 1. The third-order valence-electron chi connectivity index (χ3n) is 3.99. The number of halogens is 1. The molecular formula is C20H20ClN3O6. The van der Waals surface area contributed by atoms with Gasteiger partial charge in [-0.25, -0.2) is 4.79 Å². The topological polar surface area (TPSA) is 128 Å². The summed E-state index contributed by atoms with van der Waals surface area (Å²) >= 11 is 5.97. The highest BCUT2D eigenvalue weighted by Crippen LogP contribution is 2.24. The van der Waals surface area contributed by atoms with E-state index >= 15 is 0 Å². The number of anilines is 1. The Morgan fingerprint density at radius 1 is 1.13 bits per heavy atom. The van der Waals surface area contributed by atoms with Crippen LogP contribution in [0.15, 0.2) is 42.5 Å². The second kappa shape index (κ2) is 10.9. The zero-order chi connectivity index (χ0) is 22.1. The average Bonchev–Trinajstić information content (AvgIpc) is 2.72. The predicted octanol–water partition coefficient (Wildman–Crippen LogP) is 3.57. The second-order valence-electron chi connectivity index (χ2n) is 6.20. The lowest BCUT2D eigenvalue weighted by atomic mass is 10.1. The molecule has 0 unspecified atom stereocenters. The number of rotatable bonds is 9. The fourth-order valence-corrected chi connectivity index (χ4v) is 2.69. The summed E-state index contributed by atoms with van der Waals surface area (Å²) in [5, 5.41) is 15.8. The maximum atomic E-state index is 12.5. The molecule has 0 saturated heterocycles. The number of ether oxygens (including phenoxy) is 1. The number of nitrogens with zero attached hydrogens (tertiary/aromatic N) is 1. The molecule has 2 N–H and O–H groups in total. The number of non-ortho nitro benzene ring substituents is 1. The Balaban J connectivity index is 2.08. The number of hydrogen-bond acceptors (Lipinski definition) is 6. The van der Waals surface area contributed by atoms with Gasteiger partial charge in [-0.3, -0.25) is 19.7 Å². The van der Waals surface area contributed by atoms with Crippen LogP contribution in [0.3, 0.4) is 0 Å². The Kier molecular flexibility index (Phi) is 8.30. The van der Waals surface area contributed by atoms with Gasteiger partial charge < -0.3 is 15.4 Å². The number of unbranched alkanes of at least 4 members (excludes halogenated alkanes) is 1. The van der Waals surface area contributed by atoms with Crippen LogP contribution in [0.25, 0.3) is 0 Å². The number of hydrogen-bond donors (Lipinski definition) is 2. The fourth-order valence-electron chi connectivity index (χ4n) is 2.43. The molecule has 0 aliphatic heterocycles. The van der Waals surface area contributed by atoms with Crippen LogP contribution in [-0.4, -0.2) is 35.9 Å². The van der Waals surface area contributed by atoms with Crippen molar-refractivity contribution in [2.24, 2.45) is 0 Å². The van der Waals surface area contributed by atoms with E-state index in [9.17, 15) is 24.5 Å². The first-order valence-corrected chi connectivity index (χ1v) is 9.49. The molecule has 2 aromatic rings. The molecule has 0 heterocycles. The average molecular weight is 434 g/mol. The number of para-hydroxylation sites is 1. The molecular weight excluding hydrogens is 414 g/mol. The summed E-state index contributed by atoms with van der Waals surface area (Å²) in [4.78, 5) is 46.7. The summed E-state index contributed by atoms with van der Waals surface area (Å²) in [6.45, 7) is 2.04. The molecule has 2 rings (SSSR count). The van der Waals surface area contributed by atoms with Gasteiger partial charge in [0.15, 0.2) is 6.61 Å². The molecule has 2 amide bonds. The maximum Gasteiger partial charge on any atom is 0.340 e. The Morgan fingerprint density at radius 2 is 1.87 bits per heavy atom. The molecule has 0 spiro atoms. The number of nitrogens with one attached hydrogen (secondary N) is 2. The second-order valence-corrected chi connectivity index (χ2v) is 6.61. The van der Waals surface area contributed by atoms with Gasteiger partial charge in [-0.1, -0.05) is 37.1 Å². The summed E-state index contributed by atoms with van der Waals surface area (Å²) < 4.78 is 5.01. The van der Waals surface area contributed by atoms with Crippen LogP contribution in [0.2, 0.25) is 5.02 Å². The van der Waals surface area contributed by atoms with Crippen LogP contribution in [0.5, 0.6) is 0 Å².